The molecule has 3 rings (SSSR count). The maximum atomic E-state index is 5.88. The summed E-state index contributed by atoms with van der Waals surface area (Å²) in [4.78, 5) is 10.1. The first-order valence-corrected chi connectivity index (χ1v) is 7.96. The Hall–Kier alpha value is -1.66. The minimum atomic E-state index is 0.0317. The van der Waals surface area contributed by atoms with Crippen molar-refractivity contribution in [3.05, 3.63) is 34.7 Å². The van der Waals surface area contributed by atoms with E-state index in [-0.39, 0.29) is 6.10 Å². The number of nitrogens with one attached hydrogen (secondary N) is 1. The van der Waals surface area contributed by atoms with Gasteiger partial charge in [-0.05, 0) is 27.7 Å². The number of nitrogens with zero attached hydrogens (tertiary/aromatic N) is 4. The van der Waals surface area contributed by atoms with Crippen molar-refractivity contribution >= 4 is 0 Å². The molecule has 0 bridgehead atoms. The third-order valence-electron chi connectivity index (χ3n) is 4.39. The van der Waals surface area contributed by atoms with Crippen LogP contribution in [0.5, 0.6) is 0 Å². The van der Waals surface area contributed by atoms with Crippen molar-refractivity contribution in [1.82, 2.24) is 24.6 Å². The number of morpholine rings is 1. The largest absolute Gasteiger partial charge is 0.368 e. The average Bonchev–Trinajstić information content (AvgIpc) is 3.06. The van der Waals surface area contributed by atoms with Gasteiger partial charge in [0, 0.05) is 49.3 Å². The third-order valence-corrected chi connectivity index (χ3v) is 4.39. The molecule has 120 valence electrons. The van der Waals surface area contributed by atoms with Gasteiger partial charge in [-0.3, -0.25) is 9.58 Å². The number of imidazole rings is 1. The van der Waals surface area contributed by atoms with E-state index >= 15 is 0 Å². The van der Waals surface area contributed by atoms with Crippen molar-refractivity contribution in [3.63, 3.8) is 0 Å². The van der Waals surface area contributed by atoms with Crippen molar-refractivity contribution in [3.8, 4) is 0 Å². The molecular weight excluding hydrogens is 278 g/mol. The highest BCUT2D eigenvalue weighted by Gasteiger charge is 2.25. The van der Waals surface area contributed by atoms with Gasteiger partial charge in [-0.15, -0.1) is 0 Å². The Morgan fingerprint density at radius 2 is 2.18 bits per heavy atom. The number of H-pyrrole nitrogens is 1. The second kappa shape index (κ2) is 6.22. The molecule has 0 aromatic carbocycles. The Kier molecular flexibility index (Phi) is 4.31. The average molecular weight is 303 g/mol. The number of aromatic nitrogens is 4. The highest BCUT2D eigenvalue weighted by Crippen LogP contribution is 2.23. The summed E-state index contributed by atoms with van der Waals surface area (Å²) in [7, 11) is 0. The number of rotatable bonds is 4. The van der Waals surface area contributed by atoms with Gasteiger partial charge in [0.2, 0.25) is 0 Å². The Labute approximate surface area is 131 Å². The monoisotopic (exact) mass is 303 g/mol. The van der Waals surface area contributed by atoms with E-state index in [1.165, 1.54) is 11.3 Å². The molecule has 2 aromatic heterocycles. The van der Waals surface area contributed by atoms with Gasteiger partial charge < -0.3 is 9.72 Å². The third kappa shape index (κ3) is 2.94. The Morgan fingerprint density at radius 1 is 1.36 bits per heavy atom. The first kappa shape index (κ1) is 15.2. The lowest BCUT2D eigenvalue weighted by atomic mass is 10.1. The summed E-state index contributed by atoms with van der Waals surface area (Å²) in [6.07, 6.45) is 1.89. The fourth-order valence-electron chi connectivity index (χ4n) is 3.10. The molecular formula is C16H25N5O. The van der Waals surface area contributed by atoms with E-state index in [9.17, 15) is 0 Å². The fourth-order valence-corrected chi connectivity index (χ4v) is 3.10. The smallest absolute Gasteiger partial charge is 0.136 e. The zero-order valence-electron chi connectivity index (χ0n) is 13.9. The molecule has 1 aliphatic heterocycles. The van der Waals surface area contributed by atoms with Crippen LogP contribution in [0.2, 0.25) is 0 Å². The van der Waals surface area contributed by atoms with E-state index in [2.05, 4.69) is 45.4 Å². The molecule has 22 heavy (non-hydrogen) atoms. The molecule has 0 spiro atoms. The number of aryl methyl sites for hydroxylation is 3. The SMILES string of the molecule is CCn1nc(C)c(CN2CCOC(c3ncc(C)[nH]3)C2)c1C. The van der Waals surface area contributed by atoms with Crippen LogP contribution in [-0.2, 0) is 17.8 Å². The lowest BCUT2D eigenvalue weighted by Gasteiger charge is -2.32. The first-order valence-electron chi connectivity index (χ1n) is 7.96. The molecule has 3 heterocycles. The summed E-state index contributed by atoms with van der Waals surface area (Å²) >= 11 is 0. The summed E-state index contributed by atoms with van der Waals surface area (Å²) in [5, 5.41) is 4.61. The maximum absolute atomic E-state index is 5.88. The topological polar surface area (TPSA) is 59.0 Å². The zero-order chi connectivity index (χ0) is 15.7. The predicted octanol–water partition coefficient (Wildman–Crippen LogP) is 2.12. The van der Waals surface area contributed by atoms with Crippen LogP contribution in [0, 0.1) is 20.8 Å². The molecule has 0 radical (unpaired) electrons. The van der Waals surface area contributed by atoms with Crippen LogP contribution in [0.25, 0.3) is 0 Å². The van der Waals surface area contributed by atoms with Crippen LogP contribution < -0.4 is 0 Å². The second-order valence-electron chi connectivity index (χ2n) is 6.01. The summed E-state index contributed by atoms with van der Waals surface area (Å²) in [5.41, 5.74) is 4.83. The summed E-state index contributed by atoms with van der Waals surface area (Å²) in [6.45, 7) is 12.8. The van der Waals surface area contributed by atoms with E-state index in [1.54, 1.807) is 0 Å². The van der Waals surface area contributed by atoms with Gasteiger partial charge in [0.25, 0.3) is 0 Å². The number of aromatic amines is 1. The van der Waals surface area contributed by atoms with Crippen molar-refractivity contribution in [2.45, 2.75) is 46.9 Å². The first-order chi connectivity index (χ1) is 10.6. The van der Waals surface area contributed by atoms with Crippen LogP contribution in [0.4, 0.5) is 0 Å². The minimum absolute atomic E-state index is 0.0317. The van der Waals surface area contributed by atoms with Gasteiger partial charge >= 0.3 is 0 Å². The summed E-state index contributed by atoms with van der Waals surface area (Å²) < 4.78 is 7.96. The summed E-state index contributed by atoms with van der Waals surface area (Å²) in [6, 6.07) is 0. The van der Waals surface area contributed by atoms with Crippen molar-refractivity contribution < 1.29 is 4.74 Å². The molecule has 1 unspecified atom stereocenters. The van der Waals surface area contributed by atoms with Crippen LogP contribution >= 0.6 is 0 Å². The molecule has 1 atom stereocenters. The molecule has 2 aromatic rings. The van der Waals surface area contributed by atoms with Crippen LogP contribution in [0.1, 0.15) is 41.5 Å². The lowest BCUT2D eigenvalue weighted by Crippen LogP contribution is -2.38. The van der Waals surface area contributed by atoms with E-state index in [0.29, 0.717) is 0 Å². The quantitative estimate of drug-likeness (QED) is 0.940. The Morgan fingerprint density at radius 3 is 2.82 bits per heavy atom. The van der Waals surface area contributed by atoms with E-state index in [4.69, 9.17) is 4.74 Å². The summed E-state index contributed by atoms with van der Waals surface area (Å²) in [5.74, 6) is 0.930. The zero-order valence-corrected chi connectivity index (χ0v) is 13.9. The standard InChI is InChI=1S/C16H25N5O/c1-5-21-13(4)14(12(3)19-21)9-20-6-7-22-15(10-20)16-17-8-11(2)18-16/h8,15H,5-7,9-10H2,1-4H3,(H,17,18). The van der Waals surface area contributed by atoms with Gasteiger partial charge in [-0.25, -0.2) is 4.98 Å². The predicted molar refractivity (Wildman–Crippen MR) is 84.7 cm³/mol. The van der Waals surface area contributed by atoms with Gasteiger partial charge in [-0.2, -0.15) is 5.10 Å². The van der Waals surface area contributed by atoms with Gasteiger partial charge in [0.1, 0.15) is 11.9 Å². The van der Waals surface area contributed by atoms with Crippen molar-refractivity contribution in [2.75, 3.05) is 19.7 Å². The Bertz CT molecular complexity index is 645. The van der Waals surface area contributed by atoms with Gasteiger partial charge in [0.05, 0.1) is 12.3 Å². The molecule has 0 aliphatic carbocycles. The van der Waals surface area contributed by atoms with Crippen LogP contribution in [0.3, 0.4) is 0 Å². The lowest BCUT2D eigenvalue weighted by molar-refractivity contribution is -0.0369. The number of hydrogen-bond acceptors (Lipinski definition) is 4. The van der Waals surface area contributed by atoms with Crippen molar-refractivity contribution in [2.24, 2.45) is 0 Å². The minimum Gasteiger partial charge on any atom is -0.368 e. The highest BCUT2D eigenvalue weighted by molar-refractivity contribution is 5.24. The number of ether oxygens (including phenoxy) is 1. The molecule has 6 heteroatoms. The van der Waals surface area contributed by atoms with Crippen LogP contribution in [-0.4, -0.2) is 44.3 Å². The van der Waals surface area contributed by atoms with Crippen LogP contribution in [0.15, 0.2) is 6.20 Å². The van der Waals surface area contributed by atoms with E-state index < -0.39 is 0 Å². The fraction of sp³-hybridized carbons (Fsp3) is 0.625. The molecule has 0 saturated carbocycles. The van der Waals surface area contributed by atoms with E-state index in [1.807, 2.05) is 13.1 Å². The van der Waals surface area contributed by atoms with E-state index in [0.717, 1.165) is 50.0 Å². The molecule has 1 aliphatic rings. The molecule has 6 nitrogen and oxygen atoms in total. The second-order valence-corrected chi connectivity index (χ2v) is 6.01. The Balaban J connectivity index is 1.72. The van der Waals surface area contributed by atoms with Gasteiger partial charge in [-0.1, -0.05) is 0 Å². The van der Waals surface area contributed by atoms with Gasteiger partial charge in [0.15, 0.2) is 0 Å². The highest BCUT2D eigenvalue weighted by atomic mass is 16.5. The normalized spacial score (nSPS) is 19.7. The molecule has 1 N–H and O–H groups in total. The maximum Gasteiger partial charge on any atom is 0.136 e. The van der Waals surface area contributed by atoms with Crippen molar-refractivity contribution in [1.29, 1.82) is 0 Å². The molecule has 1 fully saturated rings. The number of hydrogen-bond donors (Lipinski definition) is 1. The molecule has 1 saturated heterocycles. The molecule has 0 amide bonds.